The van der Waals surface area contributed by atoms with Gasteiger partial charge in [0.25, 0.3) is 0 Å². The van der Waals surface area contributed by atoms with Crippen molar-refractivity contribution in [3.63, 3.8) is 0 Å². The molecule has 22 heavy (non-hydrogen) atoms. The number of rotatable bonds is 4. The van der Waals surface area contributed by atoms with Crippen LogP contribution in [0.4, 0.5) is 0 Å². The molecule has 0 saturated heterocycles. The lowest BCUT2D eigenvalue weighted by molar-refractivity contribution is -0.142. The molecule has 2 atom stereocenters. The molecule has 1 aromatic rings. The van der Waals surface area contributed by atoms with Gasteiger partial charge in [0.15, 0.2) is 0 Å². The summed E-state index contributed by atoms with van der Waals surface area (Å²) in [4.78, 5) is 23.2. The molecule has 0 heterocycles. The quantitative estimate of drug-likeness (QED) is 0.895. The number of carboxylic acids is 1. The molecule has 0 aliphatic heterocycles. The summed E-state index contributed by atoms with van der Waals surface area (Å²) in [6, 6.07) is 7.82. The zero-order chi connectivity index (χ0) is 15.7. The maximum Gasteiger partial charge on any atom is 0.306 e. The van der Waals surface area contributed by atoms with Crippen molar-refractivity contribution in [2.45, 2.75) is 44.1 Å². The molecule has 2 fully saturated rings. The van der Waals surface area contributed by atoms with E-state index in [2.05, 4.69) is 5.32 Å². The third kappa shape index (κ3) is 3.43. The van der Waals surface area contributed by atoms with Crippen LogP contribution in [0.1, 0.15) is 43.6 Å². The molecule has 2 N–H and O–H groups in total. The van der Waals surface area contributed by atoms with Crippen molar-refractivity contribution in [3.05, 3.63) is 34.9 Å². The Labute approximate surface area is 134 Å². The molecule has 0 aromatic heterocycles. The van der Waals surface area contributed by atoms with Gasteiger partial charge in [-0.3, -0.25) is 9.59 Å². The number of carbonyl (C=O) groups is 2. The second-order valence-corrected chi connectivity index (χ2v) is 6.84. The number of hydrogen-bond donors (Lipinski definition) is 2. The van der Waals surface area contributed by atoms with Crippen molar-refractivity contribution >= 4 is 23.5 Å². The SMILES string of the molecule is O=C(O)C1CCC(NC(=O)C2CC2c2cccc(Cl)c2)CC1. The molecule has 118 valence electrons. The van der Waals surface area contributed by atoms with Gasteiger partial charge in [-0.05, 0) is 55.7 Å². The number of benzene rings is 1. The van der Waals surface area contributed by atoms with Gasteiger partial charge in [0.2, 0.25) is 5.91 Å². The summed E-state index contributed by atoms with van der Waals surface area (Å²) in [5.74, 6) is -0.547. The molecule has 2 aliphatic rings. The molecule has 0 bridgehead atoms. The van der Waals surface area contributed by atoms with Gasteiger partial charge >= 0.3 is 5.97 Å². The molecule has 4 nitrogen and oxygen atoms in total. The van der Waals surface area contributed by atoms with Crippen LogP contribution in [0.15, 0.2) is 24.3 Å². The van der Waals surface area contributed by atoms with E-state index in [-0.39, 0.29) is 29.7 Å². The summed E-state index contributed by atoms with van der Waals surface area (Å²) in [6.07, 6.45) is 3.70. The molecule has 5 heteroatoms. The number of halogens is 1. The third-order valence-corrected chi connectivity index (χ3v) is 5.06. The first-order chi connectivity index (χ1) is 10.5. The van der Waals surface area contributed by atoms with Gasteiger partial charge in [0.05, 0.1) is 5.92 Å². The van der Waals surface area contributed by atoms with Crippen LogP contribution in [0.2, 0.25) is 5.02 Å². The van der Waals surface area contributed by atoms with E-state index in [0.29, 0.717) is 17.9 Å². The molecule has 2 saturated carbocycles. The van der Waals surface area contributed by atoms with Gasteiger partial charge in [-0.1, -0.05) is 23.7 Å². The number of aliphatic carboxylic acids is 1. The lowest BCUT2D eigenvalue weighted by Gasteiger charge is -2.26. The van der Waals surface area contributed by atoms with E-state index < -0.39 is 5.97 Å². The second kappa shape index (κ2) is 6.29. The van der Waals surface area contributed by atoms with E-state index >= 15 is 0 Å². The summed E-state index contributed by atoms with van der Waals surface area (Å²) in [6.45, 7) is 0. The van der Waals surface area contributed by atoms with Crippen molar-refractivity contribution < 1.29 is 14.7 Å². The molecule has 1 amide bonds. The van der Waals surface area contributed by atoms with Gasteiger partial charge in [-0.15, -0.1) is 0 Å². The molecule has 1 aromatic carbocycles. The van der Waals surface area contributed by atoms with Crippen LogP contribution < -0.4 is 5.32 Å². The Balaban J connectivity index is 1.49. The predicted octanol–water partition coefficient (Wildman–Crippen LogP) is 3.20. The minimum atomic E-state index is -0.715. The summed E-state index contributed by atoms with van der Waals surface area (Å²) >= 11 is 5.99. The van der Waals surface area contributed by atoms with Crippen molar-refractivity contribution in [2.24, 2.45) is 11.8 Å². The summed E-state index contributed by atoms with van der Waals surface area (Å²) in [7, 11) is 0. The normalized spacial score (nSPS) is 30.6. The first kappa shape index (κ1) is 15.3. The highest BCUT2D eigenvalue weighted by Crippen LogP contribution is 2.48. The van der Waals surface area contributed by atoms with Crippen LogP contribution in [-0.2, 0) is 9.59 Å². The molecule has 0 spiro atoms. The van der Waals surface area contributed by atoms with E-state index in [1.54, 1.807) is 0 Å². The van der Waals surface area contributed by atoms with E-state index in [9.17, 15) is 9.59 Å². The van der Waals surface area contributed by atoms with Gasteiger partial charge in [-0.25, -0.2) is 0 Å². The summed E-state index contributed by atoms with van der Waals surface area (Å²) in [5, 5.41) is 12.8. The number of amides is 1. The summed E-state index contributed by atoms with van der Waals surface area (Å²) < 4.78 is 0. The highest BCUT2D eigenvalue weighted by atomic mass is 35.5. The number of carboxylic acid groups (broad SMARTS) is 1. The van der Waals surface area contributed by atoms with Crippen LogP contribution in [0.25, 0.3) is 0 Å². The molecule has 2 aliphatic carbocycles. The smallest absolute Gasteiger partial charge is 0.306 e. The lowest BCUT2D eigenvalue weighted by Crippen LogP contribution is -2.39. The van der Waals surface area contributed by atoms with Gasteiger partial charge < -0.3 is 10.4 Å². The lowest BCUT2D eigenvalue weighted by atomic mass is 9.86. The average molecular weight is 322 g/mol. The third-order valence-electron chi connectivity index (χ3n) is 4.83. The van der Waals surface area contributed by atoms with Crippen LogP contribution in [0, 0.1) is 11.8 Å². The number of hydrogen-bond acceptors (Lipinski definition) is 2. The zero-order valence-corrected chi connectivity index (χ0v) is 13.1. The Morgan fingerprint density at radius 3 is 2.55 bits per heavy atom. The minimum absolute atomic E-state index is 0.0377. The topological polar surface area (TPSA) is 66.4 Å². The zero-order valence-electron chi connectivity index (χ0n) is 12.3. The Bertz CT molecular complexity index is 581. The van der Waals surface area contributed by atoms with Crippen molar-refractivity contribution in [1.29, 1.82) is 0 Å². The maximum atomic E-state index is 12.3. The fourth-order valence-electron chi connectivity index (χ4n) is 3.38. The average Bonchev–Trinajstić information content (AvgIpc) is 3.28. The number of carbonyl (C=O) groups excluding carboxylic acids is 1. The first-order valence-corrected chi connectivity index (χ1v) is 8.21. The number of nitrogens with one attached hydrogen (secondary N) is 1. The molecular formula is C17H20ClNO3. The standard InChI is InChI=1S/C17H20ClNO3/c18-12-3-1-2-11(8-12)14-9-15(14)16(20)19-13-6-4-10(5-7-13)17(21)22/h1-3,8,10,13-15H,4-7,9H2,(H,19,20)(H,21,22). The van der Waals surface area contributed by atoms with Crippen LogP contribution >= 0.6 is 11.6 Å². The molecular weight excluding hydrogens is 302 g/mol. The van der Waals surface area contributed by atoms with Crippen LogP contribution in [-0.4, -0.2) is 23.0 Å². The molecule has 3 rings (SSSR count). The van der Waals surface area contributed by atoms with E-state index in [0.717, 1.165) is 24.8 Å². The Kier molecular flexibility index (Phi) is 4.39. The van der Waals surface area contributed by atoms with Crippen LogP contribution in [0.3, 0.4) is 0 Å². The van der Waals surface area contributed by atoms with Crippen molar-refractivity contribution in [3.8, 4) is 0 Å². The molecule has 2 unspecified atom stereocenters. The molecule has 0 radical (unpaired) electrons. The summed E-state index contributed by atoms with van der Waals surface area (Å²) in [5.41, 5.74) is 1.13. The van der Waals surface area contributed by atoms with Gasteiger partial charge in [-0.2, -0.15) is 0 Å². The van der Waals surface area contributed by atoms with Crippen LogP contribution in [0.5, 0.6) is 0 Å². The highest BCUT2D eigenvalue weighted by molar-refractivity contribution is 6.30. The predicted molar refractivity (Wildman–Crippen MR) is 83.8 cm³/mol. The monoisotopic (exact) mass is 321 g/mol. The Hall–Kier alpha value is -1.55. The first-order valence-electron chi connectivity index (χ1n) is 7.83. The van der Waals surface area contributed by atoms with E-state index in [1.807, 2.05) is 24.3 Å². The van der Waals surface area contributed by atoms with Crippen molar-refractivity contribution in [1.82, 2.24) is 5.32 Å². The van der Waals surface area contributed by atoms with Crippen molar-refractivity contribution in [2.75, 3.05) is 0 Å². The van der Waals surface area contributed by atoms with Gasteiger partial charge in [0, 0.05) is 17.0 Å². The largest absolute Gasteiger partial charge is 0.481 e. The van der Waals surface area contributed by atoms with Gasteiger partial charge in [0.1, 0.15) is 0 Å². The highest BCUT2D eigenvalue weighted by Gasteiger charge is 2.44. The Morgan fingerprint density at radius 1 is 1.18 bits per heavy atom. The fourth-order valence-corrected chi connectivity index (χ4v) is 3.58. The Morgan fingerprint density at radius 2 is 1.91 bits per heavy atom. The van der Waals surface area contributed by atoms with E-state index in [4.69, 9.17) is 16.7 Å². The fraction of sp³-hybridized carbons (Fsp3) is 0.529. The van der Waals surface area contributed by atoms with E-state index in [1.165, 1.54) is 0 Å². The maximum absolute atomic E-state index is 12.3. The second-order valence-electron chi connectivity index (χ2n) is 6.40. The minimum Gasteiger partial charge on any atom is -0.481 e.